The molecule has 0 aliphatic rings. The summed E-state index contributed by atoms with van der Waals surface area (Å²) in [5.41, 5.74) is -0.0505. The first-order valence-corrected chi connectivity index (χ1v) is 6.21. The Kier molecular flexibility index (Phi) is 3.41. The maximum Gasteiger partial charge on any atom is 0.269 e. The van der Waals surface area contributed by atoms with E-state index in [1.807, 2.05) is 6.92 Å². The maximum atomic E-state index is 11.8. The first kappa shape index (κ1) is 11.6. The molecule has 0 saturated carbocycles. The first-order chi connectivity index (χ1) is 6.97. The summed E-state index contributed by atoms with van der Waals surface area (Å²) in [5, 5.41) is 10.4. The van der Waals surface area contributed by atoms with Crippen LogP contribution in [0, 0.1) is 14.9 Å². The minimum absolute atomic E-state index is 0.0505. The molecule has 1 atom stereocenters. The Morgan fingerprint density at radius 1 is 1.40 bits per heavy atom. The van der Waals surface area contributed by atoms with Crippen molar-refractivity contribution in [3.63, 3.8) is 0 Å². The molecular formula is C9H12N2O3S. The van der Waals surface area contributed by atoms with E-state index in [0.29, 0.717) is 11.3 Å². The van der Waals surface area contributed by atoms with Gasteiger partial charge < -0.3 is 0 Å². The van der Waals surface area contributed by atoms with E-state index >= 15 is 0 Å². The summed E-state index contributed by atoms with van der Waals surface area (Å²) < 4.78 is 19.4. The van der Waals surface area contributed by atoms with E-state index in [0.717, 1.165) is 0 Å². The van der Waals surface area contributed by atoms with E-state index in [1.54, 1.807) is 0 Å². The van der Waals surface area contributed by atoms with Crippen molar-refractivity contribution in [1.82, 2.24) is 0 Å². The van der Waals surface area contributed by atoms with Gasteiger partial charge in [-0.25, -0.2) is 8.99 Å². The lowest BCUT2D eigenvalue weighted by Gasteiger charge is -2.04. The van der Waals surface area contributed by atoms with Gasteiger partial charge in [-0.15, -0.1) is 0 Å². The van der Waals surface area contributed by atoms with Crippen LogP contribution in [0.2, 0.25) is 0 Å². The van der Waals surface area contributed by atoms with Crippen molar-refractivity contribution in [2.75, 3.05) is 5.75 Å². The fourth-order valence-electron chi connectivity index (χ4n) is 1.19. The van der Waals surface area contributed by atoms with Crippen molar-refractivity contribution in [3.8, 4) is 0 Å². The van der Waals surface area contributed by atoms with Gasteiger partial charge in [-0.1, -0.05) is 6.92 Å². The Balaban J connectivity index is 3.04. The average molecular weight is 228 g/mol. The third-order valence-corrected chi connectivity index (χ3v) is 3.94. The number of hydrogen-bond acceptors (Lipinski definition) is 4. The second-order valence-electron chi connectivity index (χ2n) is 3.13. The highest BCUT2D eigenvalue weighted by atomic mass is 32.2. The molecule has 0 aliphatic heterocycles. The number of nitro benzene ring substituents is 1. The molecule has 0 aliphatic carbocycles. The number of nitrogens with zero attached hydrogens (tertiary/aromatic N) is 1. The lowest BCUT2D eigenvalue weighted by Crippen LogP contribution is -2.03. The lowest BCUT2D eigenvalue weighted by molar-refractivity contribution is -0.384. The van der Waals surface area contributed by atoms with E-state index in [1.165, 1.54) is 24.3 Å². The molecule has 0 heterocycles. The van der Waals surface area contributed by atoms with Crippen molar-refractivity contribution in [2.24, 2.45) is 0 Å². The topological polar surface area (TPSA) is 84.1 Å². The Bertz CT molecular complexity index is 451. The maximum absolute atomic E-state index is 11.8. The molecule has 0 radical (unpaired) electrons. The number of benzene rings is 1. The number of nitrogens with one attached hydrogen (secondary N) is 1. The molecule has 5 nitrogen and oxygen atoms in total. The number of rotatable bonds is 4. The van der Waals surface area contributed by atoms with Gasteiger partial charge in [-0.05, 0) is 18.6 Å². The molecule has 1 rings (SSSR count). The zero-order chi connectivity index (χ0) is 11.5. The van der Waals surface area contributed by atoms with E-state index in [4.69, 9.17) is 4.78 Å². The van der Waals surface area contributed by atoms with Gasteiger partial charge in [0.05, 0.1) is 14.7 Å². The molecule has 0 aromatic heterocycles. The molecule has 1 unspecified atom stereocenters. The van der Waals surface area contributed by atoms with Crippen LogP contribution in [0.25, 0.3) is 0 Å². The Hall–Kier alpha value is -1.43. The van der Waals surface area contributed by atoms with Gasteiger partial charge >= 0.3 is 0 Å². The molecule has 15 heavy (non-hydrogen) atoms. The van der Waals surface area contributed by atoms with Crippen LogP contribution in [0.3, 0.4) is 0 Å². The second kappa shape index (κ2) is 4.39. The van der Waals surface area contributed by atoms with Gasteiger partial charge in [0.15, 0.2) is 0 Å². The molecule has 6 heteroatoms. The molecule has 0 amide bonds. The SMILES string of the molecule is CCCS(=N)(=O)c1ccc([N+](=O)[O-])cc1. The van der Waals surface area contributed by atoms with Crippen molar-refractivity contribution >= 4 is 15.4 Å². The Morgan fingerprint density at radius 3 is 2.33 bits per heavy atom. The first-order valence-electron chi connectivity index (χ1n) is 4.48. The monoisotopic (exact) mass is 228 g/mol. The third kappa shape index (κ3) is 2.76. The van der Waals surface area contributed by atoms with Crippen LogP contribution >= 0.6 is 0 Å². The molecule has 0 saturated heterocycles. The fraction of sp³-hybridized carbons (Fsp3) is 0.333. The van der Waals surface area contributed by atoms with Crippen molar-refractivity contribution in [2.45, 2.75) is 18.2 Å². The van der Waals surface area contributed by atoms with E-state index in [-0.39, 0.29) is 11.4 Å². The summed E-state index contributed by atoms with van der Waals surface area (Å²) in [4.78, 5) is 10.2. The molecule has 1 aromatic rings. The second-order valence-corrected chi connectivity index (χ2v) is 5.36. The molecule has 0 bridgehead atoms. The molecular weight excluding hydrogens is 216 g/mol. The quantitative estimate of drug-likeness (QED) is 0.634. The van der Waals surface area contributed by atoms with Gasteiger partial charge in [0.1, 0.15) is 0 Å². The molecule has 1 N–H and O–H groups in total. The van der Waals surface area contributed by atoms with Crippen LogP contribution in [0.4, 0.5) is 5.69 Å². The molecule has 0 spiro atoms. The number of non-ortho nitro benzene ring substituents is 1. The van der Waals surface area contributed by atoms with Crippen LogP contribution in [0.1, 0.15) is 13.3 Å². The summed E-state index contributed by atoms with van der Waals surface area (Å²) in [6, 6.07) is 5.34. The smallest absolute Gasteiger partial charge is 0.258 e. The van der Waals surface area contributed by atoms with Crippen molar-refractivity contribution in [1.29, 1.82) is 4.78 Å². The van der Waals surface area contributed by atoms with Crippen LogP contribution in [-0.2, 0) is 9.73 Å². The van der Waals surface area contributed by atoms with Crippen LogP contribution in [0.15, 0.2) is 29.2 Å². The predicted octanol–water partition coefficient (Wildman–Crippen LogP) is 2.41. The highest BCUT2D eigenvalue weighted by Gasteiger charge is 2.11. The summed E-state index contributed by atoms with van der Waals surface area (Å²) in [7, 11) is -2.78. The number of hydrogen-bond donors (Lipinski definition) is 1. The van der Waals surface area contributed by atoms with Crippen molar-refractivity contribution in [3.05, 3.63) is 34.4 Å². The van der Waals surface area contributed by atoms with Crippen LogP contribution < -0.4 is 0 Å². The fourth-order valence-corrected chi connectivity index (χ4v) is 2.58. The Morgan fingerprint density at radius 2 is 1.93 bits per heavy atom. The highest BCUT2D eigenvalue weighted by molar-refractivity contribution is 7.92. The predicted molar refractivity (Wildman–Crippen MR) is 57.4 cm³/mol. The van der Waals surface area contributed by atoms with Crippen molar-refractivity contribution < 1.29 is 9.13 Å². The molecule has 82 valence electrons. The van der Waals surface area contributed by atoms with Gasteiger partial charge in [0.25, 0.3) is 5.69 Å². The minimum Gasteiger partial charge on any atom is -0.258 e. The summed E-state index contributed by atoms with van der Waals surface area (Å²) in [5.74, 6) is 0.283. The molecule has 1 aromatic carbocycles. The van der Waals surface area contributed by atoms with Gasteiger partial charge in [-0.3, -0.25) is 10.1 Å². The van der Waals surface area contributed by atoms with Gasteiger partial charge in [0, 0.05) is 22.8 Å². The normalized spacial score (nSPS) is 14.5. The molecule has 0 fully saturated rings. The Labute approximate surface area is 88.2 Å². The van der Waals surface area contributed by atoms with Crippen LogP contribution in [-0.4, -0.2) is 14.9 Å². The largest absolute Gasteiger partial charge is 0.269 e. The summed E-state index contributed by atoms with van der Waals surface area (Å²) >= 11 is 0. The lowest BCUT2D eigenvalue weighted by atomic mass is 10.3. The zero-order valence-corrected chi connectivity index (χ0v) is 9.12. The highest BCUT2D eigenvalue weighted by Crippen LogP contribution is 2.17. The van der Waals surface area contributed by atoms with E-state index in [9.17, 15) is 14.3 Å². The summed E-state index contributed by atoms with van der Waals surface area (Å²) in [6.45, 7) is 1.85. The number of nitro groups is 1. The third-order valence-electron chi connectivity index (χ3n) is 1.92. The van der Waals surface area contributed by atoms with Gasteiger partial charge in [0.2, 0.25) is 0 Å². The van der Waals surface area contributed by atoms with E-state index in [2.05, 4.69) is 0 Å². The standard InChI is InChI=1S/C9H12N2O3S/c1-2-7-15(10,14)9-5-3-8(4-6-9)11(12)13/h3-6,10H,2,7H2,1H3. The van der Waals surface area contributed by atoms with E-state index < -0.39 is 14.7 Å². The average Bonchev–Trinajstić information content (AvgIpc) is 2.18. The summed E-state index contributed by atoms with van der Waals surface area (Å²) in [6.07, 6.45) is 0.652. The van der Waals surface area contributed by atoms with Crippen LogP contribution in [0.5, 0.6) is 0 Å². The zero-order valence-electron chi connectivity index (χ0n) is 8.30. The van der Waals surface area contributed by atoms with Gasteiger partial charge in [-0.2, -0.15) is 0 Å². The minimum atomic E-state index is -2.78.